The number of carbonyl (C=O) groups excluding carboxylic acids is 1. The number of amides is 1. The maximum absolute atomic E-state index is 13.5. The molecule has 2 aromatic carbocycles. The van der Waals surface area contributed by atoms with Crippen LogP contribution >= 0.6 is 0 Å². The molecule has 0 saturated carbocycles. The topological polar surface area (TPSA) is 62.1 Å². The number of ether oxygens (including phenoxy) is 1. The summed E-state index contributed by atoms with van der Waals surface area (Å²) in [6, 6.07) is 13.5. The predicted molar refractivity (Wildman–Crippen MR) is 87.8 cm³/mol. The molecule has 136 valence electrons. The third kappa shape index (κ3) is 3.03. The van der Waals surface area contributed by atoms with Gasteiger partial charge in [-0.15, -0.1) is 0 Å². The zero-order valence-corrected chi connectivity index (χ0v) is 13.7. The van der Waals surface area contributed by atoms with E-state index in [4.69, 9.17) is 4.74 Å². The number of rotatable bonds is 3. The predicted octanol–water partition coefficient (Wildman–Crippen LogP) is 3.20. The van der Waals surface area contributed by atoms with Crippen LogP contribution in [-0.2, 0) is 0 Å². The maximum atomic E-state index is 13.5. The summed E-state index contributed by atoms with van der Waals surface area (Å²) < 4.78 is 45.6. The Labute approximate surface area is 147 Å². The van der Waals surface area contributed by atoms with E-state index in [0.29, 0.717) is 11.3 Å². The van der Waals surface area contributed by atoms with Crippen LogP contribution in [0.4, 0.5) is 13.2 Å². The second-order valence-corrected chi connectivity index (χ2v) is 5.75. The van der Waals surface area contributed by atoms with Crippen LogP contribution in [0.5, 0.6) is 5.75 Å². The van der Waals surface area contributed by atoms with Crippen LogP contribution in [0.15, 0.2) is 59.7 Å². The number of aliphatic hydroxyl groups is 1. The van der Waals surface area contributed by atoms with E-state index in [1.165, 1.54) is 43.5 Å². The Bertz CT molecular complexity index is 835. The van der Waals surface area contributed by atoms with Crippen molar-refractivity contribution in [3.05, 3.63) is 65.7 Å². The van der Waals surface area contributed by atoms with Gasteiger partial charge in [0.15, 0.2) is 0 Å². The van der Waals surface area contributed by atoms with Gasteiger partial charge < -0.3 is 9.84 Å². The second kappa shape index (κ2) is 6.45. The minimum Gasteiger partial charge on any atom is -0.497 e. The van der Waals surface area contributed by atoms with Crippen molar-refractivity contribution in [1.29, 1.82) is 0 Å². The normalized spacial score (nSPS) is 20.0. The fourth-order valence-electron chi connectivity index (χ4n) is 2.63. The molecule has 0 aliphatic carbocycles. The van der Waals surface area contributed by atoms with Gasteiger partial charge >= 0.3 is 6.18 Å². The third-order valence-corrected chi connectivity index (χ3v) is 4.08. The van der Waals surface area contributed by atoms with Gasteiger partial charge in [-0.25, -0.2) is 0 Å². The van der Waals surface area contributed by atoms with Gasteiger partial charge in [-0.1, -0.05) is 18.2 Å². The van der Waals surface area contributed by atoms with Crippen molar-refractivity contribution in [3.8, 4) is 5.75 Å². The Morgan fingerprint density at radius 2 is 1.77 bits per heavy atom. The van der Waals surface area contributed by atoms with E-state index in [1.54, 1.807) is 18.2 Å². The van der Waals surface area contributed by atoms with Gasteiger partial charge in [0.1, 0.15) is 5.75 Å². The van der Waals surface area contributed by atoms with Crippen LogP contribution in [0.25, 0.3) is 0 Å². The average Bonchev–Trinajstić information content (AvgIpc) is 3.01. The quantitative estimate of drug-likeness (QED) is 0.910. The molecule has 0 aromatic heterocycles. The van der Waals surface area contributed by atoms with Gasteiger partial charge in [0.2, 0.25) is 0 Å². The van der Waals surface area contributed by atoms with Crippen LogP contribution in [0.3, 0.4) is 0 Å². The summed E-state index contributed by atoms with van der Waals surface area (Å²) in [6.07, 6.45) is -5.93. The Hall–Kier alpha value is -2.87. The Kier molecular flexibility index (Phi) is 4.45. The smallest absolute Gasteiger partial charge is 0.438 e. The van der Waals surface area contributed by atoms with Gasteiger partial charge in [0.25, 0.3) is 11.6 Å². The van der Waals surface area contributed by atoms with Crippen molar-refractivity contribution in [2.75, 3.05) is 7.11 Å². The lowest BCUT2D eigenvalue weighted by atomic mass is 10.0. The van der Waals surface area contributed by atoms with Crippen LogP contribution in [0.2, 0.25) is 0 Å². The summed E-state index contributed by atoms with van der Waals surface area (Å²) >= 11 is 0. The van der Waals surface area contributed by atoms with E-state index in [-0.39, 0.29) is 16.3 Å². The number of hydrogen-bond donors (Lipinski definition) is 1. The molecule has 5 nitrogen and oxygen atoms in total. The Balaban J connectivity index is 2.02. The minimum absolute atomic E-state index is 0.00472. The first kappa shape index (κ1) is 17.9. The van der Waals surface area contributed by atoms with E-state index in [2.05, 4.69) is 5.10 Å². The van der Waals surface area contributed by atoms with Gasteiger partial charge in [0, 0.05) is 5.56 Å². The molecule has 2 aromatic rings. The van der Waals surface area contributed by atoms with Gasteiger partial charge in [0.05, 0.1) is 19.2 Å². The number of alkyl halides is 3. The average molecular weight is 364 g/mol. The van der Waals surface area contributed by atoms with Crippen molar-refractivity contribution >= 4 is 11.6 Å². The Morgan fingerprint density at radius 1 is 1.15 bits per heavy atom. The van der Waals surface area contributed by atoms with Crippen molar-refractivity contribution in [1.82, 2.24) is 5.01 Å². The molecule has 0 saturated heterocycles. The molecular weight excluding hydrogens is 349 g/mol. The lowest BCUT2D eigenvalue weighted by molar-refractivity contribution is -0.297. The molecule has 0 bridgehead atoms. The van der Waals surface area contributed by atoms with Crippen LogP contribution in [-0.4, -0.2) is 40.7 Å². The summed E-state index contributed by atoms with van der Waals surface area (Å²) in [5, 5.41) is 14.2. The molecule has 0 fully saturated rings. The molecule has 1 aliphatic rings. The van der Waals surface area contributed by atoms with E-state index < -0.39 is 24.2 Å². The number of nitrogens with zero attached hydrogens (tertiary/aromatic N) is 2. The number of hydrogen-bond acceptors (Lipinski definition) is 4. The fourth-order valence-corrected chi connectivity index (χ4v) is 2.63. The molecule has 1 aliphatic heterocycles. The van der Waals surface area contributed by atoms with Crippen LogP contribution in [0, 0.1) is 0 Å². The highest BCUT2D eigenvalue weighted by atomic mass is 19.4. The highest BCUT2D eigenvalue weighted by Crippen LogP contribution is 2.42. The lowest BCUT2D eigenvalue weighted by Crippen LogP contribution is -2.56. The molecule has 3 rings (SSSR count). The minimum atomic E-state index is -5.07. The number of carbonyl (C=O) groups is 1. The van der Waals surface area contributed by atoms with Crippen molar-refractivity contribution in [2.24, 2.45) is 5.10 Å². The summed E-state index contributed by atoms with van der Waals surface area (Å²) in [5.41, 5.74) is -3.10. The molecule has 26 heavy (non-hydrogen) atoms. The highest BCUT2D eigenvalue weighted by Gasteiger charge is 2.63. The number of benzene rings is 2. The van der Waals surface area contributed by atoms with Gasteiger partial charge in [-0.05, 0) is 42.0 Å². The zero-order valence-electron chi connectivity index (χ0n) is 13.7. The van der Waals surface area contributed by atoms with Crippen molar-refractivity contribution < 1.29 is 27.8 Å². The van der Waals surface area contributed by atoms with Gasteiger partial charge in [-0.3, -0.25) is 4.79 Å². The second-order valence-electron chi connectivity index (χ2n) is 5.75. The molecule has 1 amide bonds. The van der Waals surface area contributed by atoms with E-state index in [9.17, 15) is 23.1 Å². The number of halogens is 3. The summed E-state index contributed by atoms with van der Waals surface area (Å²) in [4.78, 5) is 12.5. The fraction of sp³-hybridized carbons (Fsp3) is 0.222. The molecular formula is C18H15F3N2O3. The first-order valence-electron chi connectivity index (χ1n) is 7.67. The lowest BCUT2D eigenvalue weighted by Gasteiger charge is -2.32. The van der Waals surface area contributed by atoms with E-state index in [0.717, 1.165) is 0 Å². The highest BCUT2D eigenvalue weighted by molar-refractivity contribution is 6.05. The molecule has 1 N–H and O–H groups in total. The summed E-state index contributed by atoms with van der Waals surface area (Å²) in [5.74, 6) is -0.510. The SMILES string of the molecule is COc1ccc(C2=NN(C(=O)c3ccccc3)[C@](O)(C(F)(F)F)C2)cc1. The standard InChI is InChI=1S/C18H15F3N2O3/c1-26-14-9-7-12(8-10-14)15-11-17(25,18(19,20)21)23(22-15)16(24)13-5-3-2-4-6-13/h2-10,25H,11H2,1H3/t17-/m1/s1. The third-order valence-electron chi connectivity index (χ3n) is 4.08. The van der Waals surface area contributed by atoms with Gasteiger partial charge in [-0.2, -0.15) is 23.3 Å². The maximum Gasteiger partial charge on any atom is 0.438 e. The van der Waals surface area contributed by atoms with E-state index in [1.807, 2.05) is 0 Å². The van der Waals surface area contributed by atoms with E-state index >= 15 is 0 Å². The molecule has 0 radical (unpaired) electrons. The number of methoxy groups -OCH3 is 1. The summed E-state index contributed by atoms with van der Waals surface area (Å²) in [7, 11) is 1.46. The largest absolute Gasteiger partial charge is 0.497 e. The monoisotopic (exact) mass is 364 g/mol. The van der Waals surface area contributed by atoms with Crippen LogP contribution < -0.4 is 4.74 Å². The number of hydrazone groups is 1. The zero-order chi connectivity index (χ0) is 18.9. The van der Waals surface area contributed by atoms with Crippen molar-refractivity contribution in [3.63, 3.8) is 0 Å². The molecule has 0 unspecified atom stereocenters. The molecule has 1 atom stereocenters. The first-order valence-corrected chi connectivity index (χ1v) is 7.67. The Morgan fingerprint density at radius 3 is 2.31 bits per heavy atom. The summed E-state index contributed by atoms with van der Waals surface area (Å²) in [6.45, 7) is 0. The van der Waals surface area contributed by atoms with Crippen LogP contribution in [0.1, 0.15) is 22.3 Å². The first-order chi connectivity index (χ1) is 12.3. The molecule has 8 heteroatoms. The van der Waals surface area contributed by atoms with Crippen molar-refractivity contribution in [2.45, 2.75) is 18.3 Å². The molecule has 0 spiro atoms. The molecule has 1 heterocycles.